The Hall–Kier alpha value is -4.18. The van der Waals surface area contributed by atoms with Gasteiger partial charge in [0.25, 0.3) is 0 Å². The van der Waals surface area contributed by atoms with Crippen LogP contribution in [0.2, 0.25) is 0 Å². The quantitative estimate of drug-likeness (QED) is 0.0852. The molecular formula is C39H59N5O5. The monoisotopic (exact) mass is 677 g/mol. The smallest absolute Gasteiger partial charge is 0.207 e. The lowest BCUT2D eigenvalue weighted by atomic mass is 10.0. The standard InChI is InChI=1S/C39H59N5O5/c1-9-11-17-33(43-27-45)26-44(30(5)29(4)40-6)35-24-39(36(46-7)21-28(35)3)49-20-14-12-13-19-48-38-23-34-31(22-37(38)47-8)16-15-18-32(25-42-34)41-10-2/h10,21-25,27,29,32-33,40-41H,2,5,9,11-20,26H2,1,3-4,6-8H3,(H,43,45). The van der Waals surface area contributed by atoms with Crippen LogP contribution in [0.3, 0.4) is 0 Å². The van der Waals surface area contributed by atoms with Crippen molar-refractivity contribution in [1.29, 1.82) is 0 Å². The van der Waals surface area contributed by atoms with Gasteiger partial charge < -0.3 is 39.8 Å². The molecule has 10 heteroatoms. The van der Waals surface area contributed by atoms with E-state index in [2.05, 4.69) is 60.8 Å². The van der Waals surface area contributed by atoms with E-state index in [-0.39, 0.29) is 18.1 Å². The molecule has 0 radical (unpaired) electrons. The summed E-state index contributed by atoms with van der Waals surface area (Å²) in [6.45, 7) is 16.2. The highest BCUT2D eigenvalue weighted by Crippen LogP contribution is 2.38. The van der Waals surface area contributed by atoms with Crippen LogP contribution < -0.4 is 39.8 Å². The number of fused-ring (bicyclic) bond motifs is 1. The van der Waals surface area contributed by atoms with Gasteiger partial charge in [-0.1, -0.05) is 32.9 Å². The van der Waals surface area contributed by atoms with Crippen molar-refractivity contribution in [1.82, 2.24) is 16.0 Å². The third kappa shape index (κ3) is 11.7. The number of carbonyl (C=O) groups excluding carboxylic acids is 1. The molecule has 3 N–H and O–H groups in total. The molecule has 0 aliphatic carbocycles. The van der Waals surface area contributed by atoms with Gasteiger partial charge in [-0.3, -0.25) is 9.79 Å². The van der Waals surface area contributed by atoms with Crippen LogP contribution in [-0.4, -0.2) is 71.8 Å². The van der Waals surface area contributed by atoms with Crippen molar-refractivity contribution in [3.8, 4) is 23.0 Å². The SMILES string of the molecule is C=CNC1C=Nc2cc(OCCCCCOc3cc(N(CC(CCCC)NC=O)C(=C)C(C)NC)c(C)cc3OC)c(OC)cc2CCC1. The third-order valence-electron chi connectivity index (χ3n) is 9.02. The molecule has 10 nitrogen and oxygen atoms in total. The van der Waals surface area contributed by atoms with Crippen molar-refractivity contribution in [2.75, 3.05) is 45.9 Å². The van der Waals surface area contributed by atoms with Gasteiger partial charge in [-0.2, -0.15) is 0 Å². The van der Waals surface area contributed by atoms with Crippen molar-refractivity contribution in [3.63, 3.8) is 0 Å². The Labute approximate surface area is 294 Å². The van der Waals surface area contributed by atoms with E-state index in [0.717, 1.165) is 92.6 Å². The molecule has 0 aromatic heterocycles. The number of nitrogens with zero attached hydrogens (tertiary/aromatic N) is 2. The van der Waals surface area contributed by atoms with Crippen molar-refractivity contribution >= 4 is 24.0 Å². The fourth-order valence-electron chi connectivity index (χ4n) is 5.94. The largest absolute Gasteiger partial charge is 0.493 e. The summed E-state index contributed by atoms with van der Waals surface area (Å²) in [6, 6.07) is 8.29. The van der Waals surface area contributed by atoms with Gasteiger partial charge in [0.15, 0.2) is 23.0 Å². The molecule has 0 saturated carbocycles. The number of likely N-dealkylation sites (N-methyl/N-ethyl adjacent to an activating group) is 1. The Morgan fingerprint density at radius 2 is 1.73 bits per heavy atom. The molecule has 1 aliphatic rings. The van der Waals surface area contributed by atoms with E-state index in [9.17, 15) is 4.79 Å². The number of carbonyl (C=O) groups is 1. The number of amides is 1. The van der Waals surface area contributed by atoms with Crippen LogP contribution in [-0.2, 0) is 11.2 Å². The number of rotatable bonds is 23. The maximum atomic E-state index is 11.5. The Bertz CT molecular complexity index is 1380. The van der Waals surface area contributed by atoms with Crippen LogP contribution in [0, 0.1) is 6.92 Å². The summed E-state index contributed by atoms with van der Waals surface area (Å²) < 4.78 is 23.9. The molecule has 270 valence electrons. The van der Waals surface area contributed by atoms with Gasteiger partial charge in [0.2, 0.25) is 6.41 Å². The van der Waals surface area contributed by atoms with Gasteiger partial charge in [-0.25, -0.2) is 0 Å². The van der Waals surface area contributed by atoms with Gasteiger partial charge in [0.05, 0.1) is 39.2 Å². The highest BCUT2D eigenvalue weighted by Gasteiger charge is 2.23. The summed E-state index contributed by atoms with van der Waals surface area (Å²) in [7, 11) is 5.26. The van der Waals surface area contributed by atoms with Crippen LogP contribution in [0.4, 0.5) is 11.4 Å². The fourth-order valence-corrected chi connectivity index (χ4v) is 5.94. The lowest BCUT2D eigenvalue weighted by molar-refractivity contribution is -0.110. The van der Waals surface area contributed by atoms with Crippen molar-refractivity contribution in [3.05, 3.63) is 60.4 Å². The fraction of sp³-hybridized carbons (Fsp3) is 0.538. The molecule has 49 heavy (non-hydrogen) atoms. The van der Waals surface area contributed by atoms with Crippen molar-refractivity contribution in [2.24, 2.45) is 4.99 Å². The summed E-state index contributed by atoms with van der Waals surface area (Å²) in [5.74, 6) is 2.81. The Kier molecular flexibility index (Phi) is 16.8. The molecule has 0 saturated heterocycles. The van der Waals surface area contributed by atoms with Gasteiger partial charge in [-0.05, 0) is 95.3 Å². The minimum absolute atomic E-state index is 0.0126. The molecular weight excluding hydrogens is 618 g/mol. The maximum absolute atomic E-state index is 11.5. The maximum Gasteiger partial charge on any atom is 0.207 e. The first kappa shape index (κ1) is 39.3. The van der Waals surface area contributed by atoms with Crippen LogP contribution in [0.15, 0.2) is 54.3 Å². The highest BCUT2D eigenvalue weighted by atomic mass is 16.5. The van der Waals surface area contributed by atoms with Crippen LogP contribution in [0.25, 0.3) is 0 Å². The average Bonchev–Trinajstić information content (AvgIpc) is 3.10. The zero-order valence-electron chi connectivity index (χ0n) is 30.6. The van der Waals surface area contributed by atoms with E-state index in [4.69, 9.17) is 23.9 Å². The normalized spacial score (nSPS) is 15.1. The summed E-state index contributed by atoms with van der Waals surface area (Å²) >= 11 is 0. The molecule has 0 spiro atoms. The van der Waals surface area contributed by atoms with E-state index < -0.39 is 0 Å². The number of unbranched alkanes of at least 4 members (excludes halogenated alkanes) is 3. The molecule has 1 amide bonds. The van der Waals surface area contributed by atoms with Gasteiger partial charge >= 0.3 is 0 Å². The zero-order valence-corrected chi connectivity index (χ0v) is 30.6. The summed E-state index contributed by atoms with van der Waals surface area (Å²) in [5, 5.41) is 9.57. The van der Waals surface area contributed by atoms with Crippen molar-refractivity contribution < 1.29 is 23.7 Å². The first-order valence-corrected chi connectivity index (χ1v) is 17.7. The summed E-state index contributed by atoms with van der Waals surface area (Å²) in [5.41, 5.74) is 5.02. The average molecular weight is 678 g/mol. The number of benzene rings is 2. The summed E-state index contributed by atoms with van der Waals surface area (Å²) in [4.78, 5) is 18.4. The van der Waals surface area contributed by atoms with Crippen molar-refractivity contribution in [2.45, 2.75) is 96.7 Å². The number of methoxy groups -OCH3 is 2. The third-order valence-corrected chi connectivity index (χ3v) is 9.02. The van der Waals surface area contributed by atoms with Gasteiger partial charge in [-0.15, -0.1) is 0 Å². The molecule has 2 aromatic rings. The number of ether oxygens (including phenoxy) is 4. The number of aliphatic imine (C=N–C) groups is 1. The Morgan fingerprint density at radius 1 is 1.04 bits per heavy atom. The van der Waals surface area contributed by atoms with Crippen LogP contribution in [0.5, 0.6) is 23.0 Å². The highest BCUT2D eigenvalue weighted by molar-refractivity contribution is 5.72. The Balaban J connectivity index is 1.63. The van der Waals surface area contributed by atoms with E-state index in [1.807, 2.05) is 31.5 Å². The lowest BCUT2D eigenvalue weighted by Gasteiger charge is -2.35. The first-order chi connectivity index (χ1) is 23.8. The molecule has 3 rings (SSSR count). The summed E-state index contributed by atoms with van der Waals surface area (Å²) in [6.07, 6.45) is 13.1. The molecule has 3 atom stereocenters. The number of hydrogen-bond donors (Lipinski definition) is 3. The predicted molar refractivity (Wildman–Crippen MR) is 201 cm³/mol. The second-order valence-electron chi connectivity index (χ2n) is 12.6. The molecule has 1 aliphatic heterocycles. The van der Waals surface area contributed by atoms with Gasteiger partial charge in [0.1, 0.15) is 0 Å². The topological polar surface area (TPSA) is 106 Å². The molecule has 3 unspecified atom stereocenters. The van der Waals surface area contributed by atoms with E-state index >= 15 is 0 Å². The number of anilines is 1. The van der Waals surface area contributed by atoms with E-state index in [0.29, 0.717) is 37.0 Å². The molecule has 0 fully saturated rings. The minimum atomic E-state index is -0.0126. The van der Waals surface area contributed by atoms with E-state index in [1.165, 1.54) is 5.56 Å². The molecule has 0 bridgehead atoms. The van der Waals surface area contributed by atoms with Crippen LogP contribution in [0.1, 0.15) is 76.3 Å². The first-order valence-electron chi connectivity index (χ1n) is 17.7. The minimum Gasteiger partial charge on any atom is -0.493 e. The predicted octanol–water partition coefficient (Wildman–Crippen LogP) is 7.01. The number of hydrogen-bond acceptors (Lipinski definition) is 9. The zero-order chi connectivity index (χ0) is 35.6. The van der Waals surface area contributed by atoms with Crippen LogP contribution >= 0.6 is 0 Å². The second-order valence-corrected chi connectivity index (χ2v) is 12.6. The van der Waals surface area contributed by atoms with E-state index in [1.54, 1.807) is 20.4 Å². The Morgan fingerprint density at radius 3 is 2.37 bits per heavy atom. The second kappa shape index (κ2) is 21.0. The molecule has 1 heterocycles. The molecule has 2 aromatic carbocycles. The number of nitrogens with one attached hydrogen (secondary N) is 3. The lowest BCUT2D eigenvalue weighted by Crippen LogP contribution is -2.44. The number of aryl methyl sites for hydroxylation is 2. The van der Waals surface area contributed by atoms with Gasteiger partial charge in [0, 0.05) is 48.4 Å².